The van der Waals surface area contributed by atoms with Gasteiger partial charge in [-0.05, 0) is 87.2 Å². The molecule has 0 spiro atoms. The number of benzene rings is 5. The Labute approximate surface area is 323 Å². The maximum atomic E-state index is 11.2. The summed E-state index contributed by atoms with van der Waals surface area (Å²) in [6.07, 6.45) is 1.90. The summed E-state index contributed by atoms with van der Waals surface area (Å²) in [4.78, 5) is 10.3. The van der Waals surface area contributed by atoms with Crippen molar-refractivity contribution in [3.8, 4) is 45.1 Å². The zero-order valence-electron chi connectivity index (χ0n) is 31.9. The molecule has 7 aromatic rings. The molecule has 5 aromatic carbocycles. The molecule has 4 nitrogen and oxygen atoms in total. The van der Waals surface area contributed by atoms with Crippen LogP contribution in [0.4, 0.5) is 0 Å². The zero-order chi connectivity index (χ0) is 36.5. The number of para-hydroxylation sites is 1. The molecule has 0 radical (unpaired) electrons. The van der Waals surface area contributed by atoms with E-state index in [1.807, 2.05) is 12.3 Å². The summed E-state index contributed by atoms with van der Waals surface area (Å²) in [5.74, 6) is 1.03. The van der Waals surface area contributed by atoms with Crippen molar-refractivity contribution in [2.75, 3.05) is 0 Å². The van der Waals surface area contributed by atoms with Gasteiger partial charge in [-0.2, -0.15) is 0 Å². The minimum Gasteiger partial charge on any atom is -0.507 e. The quantitative estimate of drug-likeness (QED) is 0.179. The molecule has 1 N–H and O–H groups in total. The first-order chi connectivity index (χ1) is 24.0. The molecule has 5 heteroatoms. The van der Waals surface area contributed by atoms with Crippen molar-refractivity contribution < 1.29 is 26.2 Å². The molecule has 0 saturated carbocycles. The number of fused-ring (bicyclic) bond motifs is 2. The van der Waals surface area contributed by atoms with E-state index in [0.717, 1.165) is 66.8 Å². The fourth-order valence-corrected chi connectivity index (χ4v) is 6.87. The molecule has 0 aliphatic rings. The molecule has 0 unspecified atom stereocenters. The van der Waals surface area contributed by atoms with Crippen molar-refractivity contribution >= 4 is 21.9 Å². The molecule has 7 rings (SSSR count). The summed E-state index contributed by atoms with van der Waals surface area (Å²) >= 11 is 0. The van der Waals surface area contributed by atoms with Gasteiger partial charge >= 0.3 is 0 Å². The monoisotopic (exact) mass is 865 g/mol. The molecular formula is C47H48N3OPt-. The Morgan fingerprint density at radius 2 is 1.21 bits per heavy atom. The Hall–Kier alpha value is -4.53. The first kappa shape index (κ1) is 37.2. The van der Waals surface area contributed by atoms with Crippen molar-refractivity contribution in [2.24, 2.45) is 0 Å². The van der Waals surface area contributed by atoms with Crippen molar-refractivity contribution in [1.29, 1.82) is 0 Å². The topological polar surface area (TPSA) is 50.9 Å². The number of imidazole rings is 1. The number of pyridine rings is 1. The summed E-state index contributed by atoms with van der Waals surface area (Å²) in [7, 11) is 0. The molecule has 0 atom stereocenters. The molecule has 0 bridgehead atoms. The molecule has 2 aromatic heterocycles. The van der Waals surface area contributed by atoms with Gasteiger partial charge in [-0.25, -0.2) is 0 Å². The predicted molar refractivity (Wildman–Crippen MR) is 214 cm³/mol. The second kappa shape index (κ2) is 13.5. The second-order valence-electron chi connectivity index (χ2n) is 17.0. The minimum absolute atomic E-state index is 0. The van der Waals surface area contributed by atoms with Crippen molar-refractivity contribution in [2.45, 2.75) is 85.5 Å². The number of phenolic OH excluding ortho intramolecular Hbond substituents is 1. The van der Waals surface area contributed by atoms with Gasteiger partial charge in [-0.1, -0.05) is 116 Å². The van der Waals surface area contributed by atoms with Crippen LogP contribution in [0.5, 0.6) is 5.75 Å². The van der Waals surface area contributed by atoms with Gasteiger partial charge in [0.15, 0.2) is 0 Å². The number of hydrogen-bond acceptors (Lipinski definition) is 3. The molecule has 52 heavy (non-hydrogen) atoms. The standard InChI is InChI=1S/C47H48N3O.Pt/c1-29-23-24-48-42-37(29)27-34(47(8,9)10)28-38(42)30-13-11-14-31(25-30)44-49-43-36(39-26-33(46(5,6)7)19-22-41(39)51)15-12-16-40(43)50(44)35-20-17-32(18-21-35)45(2,3)4;/h11-24,26-28,51H,1-10H3;/q-1;. The van der Waals surface area contributed by atoms with E-state index < -0.39 is 0 Å². The van der Waals surface area contributed by atoms with Crippen LogP contribution < -0.4 is 0 Å². The van der Waals surface area contributed by atoms with Crippen LogP contribution in [0, 0.1) is 13.0 Å². The Morgan fingerprint density at radius 1 is 0.596 bits per heavy atom. The molecule has 2 heterocycles. The van der Waals surface area contributed by atoms with E-state index in [1.165, 1.54) is 16.7 Å². The van der Waals surface area contributed by atoms with E-state index in [4.69, 9.17) is 9.97 Å². The van der Waals surface area contributed by atoms with Crippen LogP contribution in [0.15, 0.2) is 103 Å². The summed E-state index contributed by atoms with van der Waals surface area (Å²) in [6.45, 7) is 22.2. The van der Waals surface area contributed by atoms with Gasteiger partial charge in [-0.15, -0.1) is 29.8 Å². The van der Waals surface area contributed by atoms with Crippen LogP contribution in [0.2, 0.25) is 0 Å². The van der Waals surface area contributed by atoms with Gasteiger partial charge in [0.25, 0.3) is 0 Å². The Bertz CT molecular complexity index is 2430. The molecule has 268 valence electrons. The van der Waals surface area contributed by atoms with E-state index >= 15 is 0 Å². The molecule has 0 fully saturated rings. The molecule has 0 amide bonds. The maximum absolute atomic E-state index is 11.2. The van der Waals surface area contributed by atoms with Crippen LogP contribution >= 0.6 is 0 Å². The largest absolute Gasteiger partial charge is 0.507 e. The third-order valence-electron chi connectivity index (χ3n) is 10.1. The molecule has 0 aliphatic carbocycles. The molecule has 0 saturated heterocycles. The maximum Gasteiger partial charge on any atom is 0.123 e. The average molecular weight is 866 g/mol. The summed E-state index contributed by atoms with van der Waals surface area (Å²) in [5, 5.41) is 12.4. The van der Waals surface area contributed by atoms with Crippen LogP contribution in [-0.2, 0) is 37.3 Å². The number of aromatic hydroxyl groups is 1. The Balaban J connectivity index is 0.00000464. The third kappa shape index (κ3) is 6.86. The first-order valence-electron chi connectivity index (χ1n) is 17.9. The second-order valence-corrected chi connectivity index (χ2v) is 17.0. The molecule has 0 aliphatic heterocycles. The normalized spacial score (nSPS) is 12.3. The van der Waals surface area contributed by atoms with Gasteiger partial charge in [0.05, 0.1) is 16.9 Å². The van der Waals surface area contributed by atoms with Crippen molar-refractivity contribution in [1.82, 2.24) is 14.5 Å². The predicted octanol–water partition coefficient (Wildman–Crippen LogP) is 12.3. The Morgan fingerprint density at radius 3 is 1.88 bits per heavy atom. The van der Waals surface area contributed by atoms with Crippen LogP contribution in [-0.4, -0.2) is 19.6 Å². The van der Waals surface area contributed by atoms with Gasteiger partial charge in [0.1, 0.15) is 5.75 Å². The fraction of sp³-hybridized carbons (Fsp3) is 0.277. The SMILES string of the molecule is Cc1ccnc2c(-c3[c-]c(-c4nc5c(-c6cc(C(C)(C)C)ccc6O)cccc5n4-c4ccc(C(C)(C)C)cc4)ccc3)cc(C(C)(C)C)cc12.[Pt]. The van der Waals surface area contributed by atoms with E-state index in [2.05, 4.69) is 165 Å². The number of rotatable bonds is 4. The molecular weight excluding hydrogens is 818 g/mol. The van der Waals surface area contributed by atoms with Crippen molar-refractivity contribution in [3.05, 3.63) is 132 Å². The number of hydrogen-bond donors (Lipinski definition) is 1. The van der Waals surface area contributed by atoms with Gasteiger partial charge in [0.2, 0.25) is 0 Å². The summed E-state index contributed by atoms with van der Waals surface area (Å²) in [6, 6.07) is 37.7. The number of phenols is 1. The minimum atomic E-state index is -0.0765. The van der Waals surface area contributed by atoms with Gasteiger partial charge in [0, 0.05) is 49.6 Å². The van der Waals surface area contributed by atoms with E-state index in [0.29, 0.717) is 0 Å². The number of aromatic nitrogens is 3. The number of aryl methyl sites for hydroxylation is 1. The van der Waals surface area contributed by atoms with Gasteiger partial charge in [-0.3, -0.25) is 9.97 Å². The van der Waals surface area contributed by atoms with E-state index in [9.17, 15) is 5.11 Å². The zero-order valence-corrected chi connectivity index (χ0v) is 34.2. The van der Waals surface area contributed by atoms with E-state index in [-0.39, 0.29) is 43.1 Å². The first-order valence-corrected chi connectivity index (χ1v) is 17.9. The summed E-state index contributed by atoms with van der Waals surface area (Å²) < 4.78 is 2.23. The van der Waals surface area contributed by atoms with Crippen LogP contribution in [0.1, 0.15) is 84.6 Å². The van der Waals surface area contributed by atoms with Crippen LogP contribution in [0.25, 0.3) is 61.3 Å². The summed E-state index contributed by atoms with van der Waals surface area (Å²) in [5.41, 5.74) is 13.1. The Kier molecular flexibility index (Phi) is 9.64. The average Bonchev–Trinajstić information content (AvgIpc) is 3.47. The smallest absolute Gasteiger partial charge is 0.123 e. The van der Waals surface area contributed by atoms with E-state index in [1.54, 1.807) is 6.07 Å². The van der Waals surface area contributed by atoms with Crippen LogP contribution in [0.3, 0.4) is 0 Å². The van der Waals surface area contributed by atoms with Crippen molar-refractivity contribution in [3.63, 3.8) is 0 Å². The number of nitrogens with zero attached hydrogens (tertiary/aromatic N) is 3. The fourth-order valence-electron chi connectivity index (χ4n) is 6.87. The van der Waals surface area contributed by atoms with Gasteiger partial charge < -0.3 is 9.67 Å². The third-order valence-corrected chi connectivity index (χ3v) is 10.1.